The highest BCUT2D eigenvalue weighted by atomic mass is 28.5. The second kappa shape index (κ2) is 53.4. The Balaban J connectivity index is -0.000000435. The van der Waals surface area contributed by atoms with Crippen LogP contribution in [-0.2, 0) is 27.2 Å². The molecule has 6 rings (SSSR count). The number of rotatable bonds is 23. The summed E-state index contributed by atoms with van der Waals surface area (Å²) in [7, 11) is -5.78. The molecule has 2 aliphatic heterocycles. The Hall–Kier alpha value is -3.59. The average Bonchev–Trinajstić information content (AvgIpc) is 4.36. The van der Waals surface area contributed by atoms with E-state index < -0.39 is 37.4 Å². The van der Waals surface area contributed by atoms with Gasteiger partial charge in [-0.25, -0.2) is 0 Å². The van der Waals surface area contributed by atoms with E-state index >= 15 is 0 Å². The van der Waals surface area contributed by atoms with Gasteiger partial charge in [0, 0.05) is 6.61 Å². The van der Waals surface area contributed by atoms with E-state index in [9.17, 15) is 10.2 Å². The van der Waals surface area contributed by atoms with Crippen LogP contribution in [-0.4, -0.2) is 126 Å². The lowest BCUT2D eigenvalue weighted by atomic mass is 10.3. The summed E-state index contributed by atoms with van der Waals surface area (Å²) in [5, 5.41) is 19.4. The Morgan fingerprint density at radius 2 is 0.711 bits per heavy atom. The van der Waals surface area contributed by atoms with Crippen molar-refractivity contribution in [1.82, 2.24) is 0 Å². The van der Waals surface area contributed by atoms with E-state index in [1.165, 1.54) is 19.3 Å². The van der Waals surface area contributed by atoms with Crippen molar-refractivity contribution in [3.63, 3.8) is 0 Å². The third-order valence-corrected chi connectivity index (χ3v) is 17.4. The molecule has 4 unspecified atom stereocenters. The van der Waals surface area contributed by atoms with Gasteiger partial charge in [-0.3, -0.25) is 0 Å². The van der Waals surface area contributed by atoms with Crippen molar-refractivity contribution in [2.24, 2.45) is 0 Å². The maximum atomic E-state index is 10.0. The first-order valence-corrected chi connectivity index (χ1v) is 37.6. The zero-order valence-corrected chi connectivity index (χ0v) is 54.5. The molecule has 12 nitrogen and oxygen atoms in total. The number of epoxide rings is 2. The molecule has 2 aliphatic rings. The lowest BCUT2D eigenvalue weighted by Crippen LogP contribution is -2.53. The molecular formula is C61H112O12Si3. The molecule has 15 heteroatoms. The van der Waals surface area contributed by atoms with Crippen molar-refractivity contribution in [3.05, 3.63) is 121 Å². The van der Waals surface area contributed by atoms with Crippen molar-refractivity contribution in [2.75, 3.05) is 65.7 Å². The van der Waals surface area contributed by atoms with Crippen LogP contribution in [0.15, 0.2) is 121 Å². The topological polar surface area (TPSA) is 139 Å². The Morgan fingerprint density at radius 3 is 0.974 bits per heavy atom. The third kappa shape index (κ3) is 56.6. The zero-order chi connectivity index (χ0) is 58.5. The van der Waals surface area contributed by atoms with Crippen LogP contribution in [0.5, 0.6) is 23.0 Å². The van der Waals surface area contributed by atoms with E-state index in [2.05, 4.69) is 87.4 Å². The molecule has 76 heavy (non-hydrogen) atoms. The monoisotopic (exact) mass is 1120 g/mol. The second-order valence-corrected chi connectivity index (χ2v) is 31.0. The summed E-state index contributed by atoms with van der Waals surface area (Å²) in [5.74, 6) is 3.35. The molecule has 2 saturated heterocycles. The van der Waals surface area contributed by atoms with Crippen LogP contribution in [0.2, 0.25) is 45.8 Å². The summed E-state index contributed by atoms with van der Waals surface area (Å²) in [4.78, 5) is 0. The van der Waals surface area contributed by atoms with Gasteiger partial charge in [-0.05, 0) is 101 Å². The van der Waals surface area contributed by atoms with Gasteiger partial charge in [-0.1, -0.05) is 175 Å². The number of para-hydroxylation sites is 4. The van der Waals surface area contributed by atoms with Crippen LogP contribution in [0.3, 0.4) is 0 Å². The molecule has 0 spiro atoms. The van der Waals surface area contributed by atoms with E-state index in [4.69, 9.17) is 46.1 Å². The molecule has 440 valence electrons. The Labute approximate surface area is 469 Å². The molecule has 0 bridgehead atoms. The van der Waals surface area contributed by atoms with E-state index in [0.717, 1.165) is 36.2 Å². The first-order valence-electron chi connectivity index (χ1n) is 28.2. The van der Waals surface area contributed by atoms with Gasteiger partial charge < -0.3 is 56.3 Å². The summed E-state index contributed by atoms with van der Waals surface area (Å²) in [6, 6.07) is 38.4. The van der Waals surface area contributed by atoms with Gasteiger partial charge in [0.2, 0.25) is 8.32 Å². The molecule has 2 N–H and O–H groups in total. The highest BCUT2D eigenvalue weighted by molar-refractivity contribution is 6.87. The molecule has 0 aliphatic carbocycles. The predicted molar refractivity (Wildman–Crippen MR) is 329 cm³/mol. The summed E-state index contributed by atoms with van der Waals surface area (Å²) < 4.78 is 55.1. The molecule has 4 aromatic carbocycles. The summed E-state index contributed by atoms with van der Waals surface area (Å²) in [5.41, 5.74) is 0. The zero-order valence-electron chi connectivity index (χ0n) is 51.5. The van der Waals surface area contributed by atoms with Crippen molar-refractivity contribution in [2.45, 2.75) is 180 Å². The van der Waals surface area contributed by atoms with Crippen LogP contribution in [0.4, 0.5) is 0 Å². The maximum Gasteiger partial charge on any atom is 0.311 e. The van der Waals surface area contributed by atoms with Crippen molar-refractivity contribution in [1.29, 1.82) is 0 Å². The minimum absolute atomic E-state index is 0.214. The second-order valence-electron chi connectivity index (χ2n) is 18.5. The minimum Gasteiger partial charge on any atom is -0.491 e. The Bertz CT molecular complexity index is 1660. The molecule has 2 heterocycles. The molecule has 0 saturated carbocycles. The first kappa shape index (κ1) is 78.9. The van der Waals surface area contributed by atoms with Gasteiger partial charge >= 0.3 is 8.56 Å². The fourth-order valence-corrected chi connectivity index (χ4v) is 18.0. The van der Waals surface area contributed by atoms with Crippen molar-refractivity contribution < 1.29 is 56.3 Å². The number of aliphatic hydroxyl groups is 2. The molecule has 0 amide bonds. The number of benzene rings is 4. The minimum atomic E-state index is -2.15. The number of hydrogen-bond acceptors (Lipinski definition) is 12. The third-order valence-electron chi connectivity index (χ3n) is 7.88. The Morgan fingerprint density at radius 1 is 0.434 bits per heavy atom. The largest absolute Gasteiger partial charge is 0.491 e. The van der Waals surface area contributed by atoms with Gasteiger partial charge in [-0.2, -0.15) is 0 Å². The van der Waals surface area contributed by atoms with Crippen LogP contribution in [0.25, 0.3) is 0 Å². The van der Waals surface area contributed by atoms with Crippen LogP contribution in [0, 0.1) is 0 Å². The number of hydrogen-bond donors (Lipinski definition) is 2. The maximum absolute atomic E-state index is 10.0. The number of ether oxygens (including phenoxy) is 8. The lowest BCUT2D eigenvalue weighted by Gasteiger charge is -2.37. The predicted octanol–water partition coefficient (Wildman–Crippen LogP) is 15.5. The molecule has 0 radical (unpaired) electrons. The molecule has 2 fully saturated rings. The van der Waals surface area contributed by atoms with Gasteiger partial charge in [-0.15, -0.1) is 0 Å². The van der Waals surface area contributed by atoms with Gasteiger partial charge in [0.1, 0.15) is 73.8 Å². The molecule has 4 atom stereocenters. The fourth-order valence-electron chi connectivity index (χ4n) is 5.40. The van der Waals surface area contributed by atoms with Crippen LogP contribution < -0.4 is 18.9 Å². The lowest BCUT2D eigenvalue weighted by molar-refractivity contribution is 0.0164. The van der Waals surface area contributed by atoms with E-state index in [1.807, 2.05) is 170 Å². The number of aliphatic hydroxyl groups excluding tert-OH is 2. The van der Waals surface area contributed by atoms with Crippen molar-refractivity contribution in [3.8, 4) is 23.0 Å². The van der Waals surface area contributed by atoms with E-state index in [0.29, 0.717) is 44.9 Å². The normalized spacial score (nSPS) is 14.1. The first-order chi connectivity index (χ1) is 36.4. The summed E-state index contributed by atoms with van der Waals surface area (Å²) >= 11 is 0. The van der Waals surface area contributed by atoms with Gasteiger partial charge in [0.15, 0.2) is 8.32 Å². The van der Waals surface area contributed by atoms with Crippen molar-refractivity contribution >= 4 is 25.2 Å². The smallest absolute Gasteiger partial charge is 0.311 e. The quantitative estimate of drug-likeness (QED) is 0.0540. The van der Waals surface area contributed by atoms with Gasteiger partial charge in [0.25, 0.3) is 0 Å². The van der Waals surface area contributed by atoms with Crippen LogP contribution in [0.1, 0.15) is 109 Å². The van der Waals surface area contributed by atoms with Gasteiger partial charge in [0.05, 0.1) is 32.7 Å². The molecule has 4 aromatic rings. The molecule has 0 aromatic heterocycles. The average molecular weight is 1120 g/mol. The fraction of sp³-hybridized carbons (Fsp3) is 0.607. The van der Waals surface area contributed by atoms with E-state index in [1.54, 1.807) is 0 Å². The standard InChI is InChI=1S/C17H34O5Si3.C11H16O3.2C9H10O2.3C3H8.3C2H6/c1-23(2,3)21-25(6,7)22-24(4,5)15-19-13-16(18)14-20-17-11-9-8-10-12-17;1-2-13-8-10(12)9-14-11-6-4-3-5-7-11;2*1-2-4-8(5-3-1)10-6-9-7-11-9;3*1-3-2;3*1-2/h8-12,16,18H,13-15H2,1-7H3;3-7,10,12H,2,8-9H2,1H3;2*1-5,9H,6-7H2;3*3H2,1-2H3;3*1-2H3. The highest BCUT2D eigenvalue weighted by Gasteiger charge is 2.38. The highest BCUT2D eigenvalue weighted by Crippen LogP contribution is 2.21. The summed E-state index contributed by atoms with van der Waals surface area (Å²) in [6.45, 7) is 46.4. The summed E-state index contributed by atoms with van der Waals surface area (Å²) in [6.07, 6.45) is 3.75. The SMILES string of the molecule is CC.CC.CC.CCC.CCC.CCC.CCOCC(O)COc1ccccc1.C[Si](C)(C)O[Si](C)(C)O[Si](C)(C)COCC(O)COc1ccccc1.c1ccc(OCC2CO2)cc1.c1ccc(OCC2CO2)cc1. The van der Waals surface area contributed by atoms with E-state index in [-0.39, 0.29) is 19.8 Å². The van der Waals surface area contributed by atoms with Crippen LogP contribution >= 0.6 is 0 Å². The molecular weight excluding hydrogens is 1010 g/mol. The Kier molecular flexibility index (Phi) is 55.5.